The minimum Gasteiger partial charge on any atom is -0.0877 e. The average Bonchev–Trinajstić information content (AvgIpc) is 2.39. The van der Waals surface area contributed by atoms with Crippen LogP contribution in [0, 0.1) is 24.7 Å². The largest absolute Gasteiger partial charge is 0.0877 e. The van der Waals surface area contributed by atoms with E-state index in [0.29, 0.717) is 10.8 Å². The van der Waals surface area contributed by atoms with Crippen molar-refractivity contribution in [2.45, 2.75) is 76.2 Å². The molecule has 0 spiro atoms. The van der Waals surface area contributed by atoms with Crippen LogP contribution >= 0.6 is 0 Å². The molecule has 0 aliphatic carbocycles. The van der Waals surface area contributed by atoms with E-state index in [1.807, 2.05) is 19.1 Å². The highest BCUT2D eigenvalue weighted by Gasteiger charge is 2.26. The monoisotopic (exact) mass is 316 g/mol. The summed E-state index contributed by atoms with van der Waals surface area (Å²) in [5.74, 6) is 0. The highest BCUT2D eigenvalue weighted by Crippen LogP contribution is 2.36. The van der Waals surface area contributed by atoms with Gasteiger partial charge in [0, 0.05) is 0 Å². The first-order chi connectivity index (χ1) is 10.3. The molecule has 0 N–H and O–H groups in total. The van der Waals surface area contributed by atoms with Gasteiger partial charge in [0.05, 0.1) is 0 Å². The van der Waals surface area contributed by atoms with E-state index in [1.54, 1.807) is 0 Å². The second-order valence-corrected chi connectivity index (χ2v) is 8.42. The maximum atomic E-state index is 2.27. The van der Waals surface area contributed by atoms with Crippen LogP contribution in [-0.4, -0.2) is 0 Å². The molecule has 0 saturated carbocycles. The SMILES string of the molecule is C/C=C/C=C(C)C.CC(C)(C)C(C)(C)C.Cc1ccc(C)cc1. The van der Waals surface area contributed by atoms with E-state index in [-0.39, 0.29) is 0 Å². The van der Waals surface area contributed by atoms with E-state index in [1.165, 1.54) is 16.7 Å². The Bertz CT molecular complexity index is 419. The lowest BCUT2D eigenvalue weighted by Gasteiger charge is -2.34. The molecule has 0 aliphatic heterocycles. The molecule has 132 valence electrons. The molecule has 0 bridgehead atoms. The summed E-state index contributed by atoms with van der Waals surface area (Å²) >= 11 is 0. The molecule has 0 aliphatic rings. The molecule has 0 atom stereocenters. The lowest BCUT2D eigenvalue weighted by atomic mass is 9.71. The summed E-state index contributed by atoms with van der Waals surface area (Å²) in [5.41, 5.74) is 4.88. The number of hydrogen-bond acceptors (Lipinski definition) is 0. The van der Waals surface area contributed by atoms with Crippen LogP contribution < -0.4 is 0 Å². The smallest absolute Gasteiger partial charge is 0.0334 e. The van der Waals surface area contributed by atoms with Crippen molar-refractivity contribution >= 4 is 0 Å². The fourth-order valence-corrected chi connectivity index (χ4v) is 0.926. The maximum Gasteiger partial charge on any atom is -0.0334 e. The molecule has 0 heterocycles. The summed E-state index contributed by atoms with van der Waals surface area (Å²) < 4.78 is 0. The van der Waals surface area contributed by atoms with Crippen LogP contribution in [0.5, 0.6) is 0 Å². The molecule has 0 unspecified atom stereocenters. The van der Waals surface area contributed by atoms with Crippen LogP contribution in [0.25, 0.3) is 0 Å². The Morgan fingerprint density at radius 2 is 1.04 bits per heavy atom. The second-order valence-electron chi connectivity index (χ2n) is 8.42. The number of hydrogen-bond donors (Lipinski definition) is 0. The van der Waals surface area contributed by atoms with Crippen molar-refractivity contribution in [3.05, 3.63) is 59.2 Å². The van der Waals surface area contributed by atoms with E-state index < -0.39 is 0 Å². The number of aryl methyl sites for hydroxylation is 2. The van der Waals surface area contributed by atoms with Gasteiger partial charge in [-0.1, -0.05) is 101 Å². The predicted octanol–water partition coefficient (Wildman–Crippen LogP) is 7.91. The lowest BCUT2D eigenvalue weighted by molar-refractivity contribution is 0.157. The minimum absolute atomic E-state index is 0.437. The molecular weight excluding hydrogens is 276 g/mol. The first kappa shape index (κ1) is 24.0. The van der Waals surface area contributed by atoms with Crippen LogP contribution in [0.4, 0.5) is 0 Å². The highest BCUT2D eigenvalue weighted by molar-refractivity contribution is 5.19. The van der Waals surface area contributed by atoms with Gasteiger partial charge in [-0.25, -0.2) is 0 Å². The molecule has 23 heavy (non-hydrogen) atoms. The zero-order valence-electron chi connectivity index (χ0n) is 17.5. The molecule has 0 saturated heterocycles. The molecule has 1 aromatic rings. The van der Waals surface area contributed by atoms with E-state index in [2.05, 4.69) is 99.6 Å². The van der Waals surface area contributed by atoms with Gasteiger partial charge < -0.3 is 0 Å². The van der Waals surface area contributed by atoms with Gasteiger partial charge in [-0.15, -0.1) is 0 Å². The Hall–Kier alpha value is -1.30. The molecule has 0 aromatic heterocycles. The van der Waals surface area contributed by atoms with Gasteiger partial charge in [-0.2, -0.15) is 0 Å². The Labute approximate surface area is 146 Å². The summed E-state index contributed by atoms with van der Waals surface area (Å²) in [5, 5.41) is 0. The molecule has 1 aromatic carbocycles. The standard InChI is InChI=1S/C8H10.C8H18.C7H12/c1-7-3-5-8(2)6-4-7;1-7(2,3)8(4,5)6;1-4-5-6-7(2)3/h3-6H,1-2H3;1-6H3;4-6H,1-3H3/b;;5-4+. The highest BCUT2D eigenvalue weighted by atomic mass is 14.3. The van der Waals surface area contributed by atoms with Crippen LogP contribution in [0.1, 0.15) is 73.4 Å². The first-order valence-corrected chi connectivity index (χ1v) is 8.60. The zero-order chi connectivity index (χ0) is 18.7. The van der Waals surface area contributed by atoms with E-state index in [4.69, 9.17) is 0 Å². The van der Waals surface area contributed by atoms with Crippen LogP contribution in [0.3, 0.4) is 0 Å². The Morgan fingerprint density at radius 1 is 0.739 bits per heavy atom. The van der Waals surface area contributed by atoms with Crippen LogP contribution in [0.15, 0.2) is 48.1 Å². The summed E-state index contributed by atoms with van der Waals surface area (Å²) in [4.78, 5) is 0. The first-order valence-electron chi connectivity index (χ1n) is 8.60. The van der Waals surface area contributed by atoms with Crippen molar-refractivity contribution in [1.29, 1.82) is 0 Å². The summed E-state index contributed by atoms with van der Waals surface area (Å²) in [6.45, 7) is 24.0. The Kier molecular flexibility index (Phi) is 11.7. The van der Waals surface area contributed by atoms with E-state index in [0.717, 1.165) is 0 Å². The molecule has 1 rings (SSSR count). The van der Waals surface area contributed by atoms with Crippen molar-refractivity contribution in [2.75, 3.05) is 0 Å². The predicted molar refractivity (Wildman–Crippen MR) is 109 cm³/mol. The Balaban J connectivity index is 0. The van der Waals surface area contributed by atoms with Crippen molar-refractivity contribution in [3.63, 3.8) is 0 Å². The topological polar surface area (TPSA) is 0 Å². The normalized spacial score (nSPS) is 11.1. The molecule has 0 heteroatoms. The molecule has 0 fully saturated rings. The van der Waals surface area contributed by atoms with Crippen molar-refractivity contribution in [3.8, 4) is 0 Å². The molecular formula is C23H40. The third-order valence-electron chi connectivity index (χ3n) is 4.09. The fraction of sp³-hybridized carbons (Fsp3) is 0.565. The number of rotatable bonds is 1. The van der Waals surface area contributed by atoms with E-state index in [9.17, 15) is 0 Å². The molecule has 0 radical (unpaired) electrons. The van der Waals surface area contributed by atoms with E-state index >= 15 is 0 Å². The van der Waals surface area contributed by atoms with Crippen molar-refractivity contribution < 1.29 is 0 Å². The molecule has 0 nitrogen and oxygen atoms in total. The average molecular weight is 317 g/mol. The quantitative estimate of drug-likeness (QED) is 0.462. The van der Waals surface area contributed by atoms with Gasteiger partial charge >= 0.3 is 0 Å². The van der Waals surface area contributed by atoms with Crippen molar-refractivity contribution in [1.82, 2.24) is 0 Å². The third kappa shape index (κ3) is 15.4. The summed E-state index contributed by atoms with van der Waals surface area (Å²) in [7, 11) is 0. The minimum atomic E-state index is 0.437. The van der Waals surface area contributed by atoms with Gasteiger partial charge in [0.15, 0.2) is 0 Å². The second kappa shape index (κ2) is 11.3. The van der Waals surface area contributed by atoms with Crippen LogP contribution in [0.2, 0.25) is 0 Å². The Morgan fingerprint density at radius 3 is 1.17 bits per heavy atom. The summed E-state index contributed by atoms with van der Waals surface area (Å²) in [6, 6.07) is 8.48. The lowest BCUT2D eigenvalue weighted by Crippen LogP contribution is -2.25. The summed E-state index contributed by atoms with van der Waals surface area (Å²) in [6.07, 6.45) is 6.14. The maximum absolute atomic E-state index is 2.27. The third-order valence-corrected chi connectivity index (χ3v) is 4.09. The fourth-order valence-electron chi connectivity index (χ4n) is 0.926. The number of allylic oxidation sites excluding steroid dienone is 4. The van der Waals surface area contributed by atoms with Gasteiger partial charge in [0.1, 0.15) is 0 Å². The van der Waals surface area contributed by atoms with Gasteiger partial charge in [0.2, 0.25) is 0 Å². The van der Waals surface area contributed by atoms with Gasteiger partial charge in [0.25, 0.3) is 0 Å². The number of benzene rings is 1. The zero-order valence-corrected chi connectivity index (χ0v) is 17.5. The van der Waals surface area contributed by atoms with Gasteiger partial charge in [-0.05, 0) is 45.4 Å². The van der Waals surface area contributed by atoms with Gasteiger partial charge in [-0.3, -0.25) is 0 Å². The van der Waals surface area contributed by atoms with Crippen LogP contribution in [-0.2, 0) is 0 Å². The van der Waals surface area contributed by atoms with Crippen molar-refractivity contribution in [2.24, 2.45) is 10.8 Å². The molecule has 0 amide bonds.